The molecule has 4 nitrogen and oxygen atoms in total. The quantitative estimate of drug-likeness (QED) is 0.688. The summed E-state index contributed by atoms with van der Waals surface area (Å²) >= 11 is 0. The topological polar surface area (TPSA) is 57.9 Å². The summed E-state index contributed by atoms with van der Waals surface area (Å²) in [5.41, 5.74) is 11.2. The lowest BCUT2D eigenvalue weighted by Gasteiger charge is -2.21. The maximum Gasteiger partial charge on any atom is 0.0672 e. The molecule has 3 N–H and O–H groups in total. The molecular weight excluding hydrogens is 236 g/mol. The van der Waals surface area contributed by atoms with Crippen molar-refractivity contribution in [1.82, 2.24) is 10.2 Å². The highest BCUT2D eigenvalue weighted by Crippen LogP contribution is 2.32. The molecule has 96 valence electrons. The molecule has 2 aromatic carbocycles. The smallest absolute Gasteiger partial charge is 0.0672 e. The molecule has 0 saturated heterocycles. The number of fused-ring (bicyclic) bond motifs is 1. The van der Waals surface area contributed by atoms with E-state index >= 15 is 0 Å². The number of aryl methyl sites for hydroxylation is 1. The average molecular weight is 252 g/mol. The Labute approximate surface area is 111 Å². The van der Waals surface area contributed by atoms with Crippen LogP contribution in [-0.4, -0.2) is 17.2 Å². The van der Waals surface area contributed by atoms with Gasteiger partial charge in [0.25, 0.3) is 0 Å². The standard InChI is InChI=1S/C15H16N4/c1-10-3-5-12(6-4-10)19(2)15-8-14-11(7-13(15)16)9-17-18-14/h3-9H,16H2,1-2H3,(H,17,18). The highest BCUT2D eigenvalue weighted by molar-refractivity contribution is 5.90. The first-order valence-corrected chi connectivity index (χ1v) is 6.18. The predicted octanol–water partition coefficient (Wildman–Crippen LogP) is 3.22. The molecular formula is C15H16N4. The number of anilines is 3. The molecule has 0 spiro atoms. The van der Waals surface area contributed by atoms with E-state index in [4.69, 9.17) is 5.73 Å². The summed E-state index contributed by atoms with van der Waals surface area (Å²) in [6, 6.07) is 12.3. The number of benzene rings is 2. The molecule has 0 radical (unpaired) electrons. The van der Waals surface area contributed by atoms with E-state index in [0.717, 1.165) is 28.0 Å². The fourth-order valence-electron chi connectivity index (χ4n) is 2.20. The van der Waals surface area contributed by atoms with Crippen LogP contribution in [-0.2, 0) is 0 Å². The number of hydrogen-bond donors (Lipinski definition) is 2. The zero-order chi connectivity index (χ0) is 13.4. The minimum atomic E-state index is 0.747. The molecule has 0 fully saturated rings. The molecule has 3 aromatic rings. The summed E-state index contributed by atoms with van der Waals surface area (Å²) in [6.45, 7) is 2.08. The van der Waals surface area contributed by atoms with E-state index in [1.807, 2.05) is 19.2 Å². The molecule has 0 unspecified atom stereocenters. The van der Waals surface area contributed by atoms with Crippen molar-refractivity contribution in [3.8, 4) is 0 Å². The SMILES string of the molecule is Cc1ccc(N(C)c2cc3[nH]ncc3cc2N)cc1. The van der Waals surface area contributed by atoms with Gasteiger partial charge in [-0.25, -0.2) is 0 Å². The van der Waals surface area contributed by atoms with Crippen molar-refractivity contribution in [2.45, 2.75) is 6.92 Å². The van der Waals surface area contributed by atoms with Gasteiger partial charge in [0, 0.05) is 18.1 Å². The number of H-pyrrole nitrogens is 1. The zero-order valence-electron chi connectivity index (χ0n) is 11.0. The number of rotatable bonds is 2. The van der Waals surface area contributed by atoms with Crippen molar-refractivity contribution in [1.29, 1.82) is 0 Å². The summed E-state index contributed by atoms with van der Waals surface area (Å²) in [6.07, 6.45) is 1.78. The van der Waals surface area contributed by atoms with Crippen LogP contribution in [0.4, 0.5) is 17.1 Å². The van der Waals surface area contributed by atoms with Gasteiger partial charge in [0.1, 0.15) is 0 Å². The van der Waals surface area contributed by atoms with Crippen molar-refractivity contribution in [2.75, 3.05) is 17.7 Å². The summed E-state index contributed by atoms with van der Waals surface area (Å²) in [7, 11) is 2.01. The number of aromatic nitrogens is 2. The van der Waals surface area contributed by atoms with E-state index in [2.05, 4.69) is 46.3 Å². The summed E-state index contributed by atoms with van der Waals surface area (Å²) in [5, 5.41) is 8.02. The number of nitrogens with two attached hydrogens (primary N) is 1. The van der Waals surface area contributed by atoms with Gasteiger partial charge in [0.2, 0.25) is 0 Å². The molecule has 3 rings (SSSR count). The van der Waals surface area contributed by atoms with Crippen LogP contribution >= 0.6 is 0 Å². The van der Waals surface area contributed by atoms with Crippen LogP contribution in [0.1, 0.15) is 5.56 Å². The molecule has 4 heteroatoms. The number of nitrogen functional groups attached to an aromatic ring is 1. The second-order valence-corrected chi connectivity index (χ2v) is 4.76. The molecule has 0 aliphatic heterocycles. The van der Waals surface area contributed by atoms with Crippen LogP contribution < -0.4 is 10.6 Å². The molecule has 1 aromatic heterocycles. The highest BCUT2D eigenvalue weighted by Gasteiger charge is 2.09. The first kappa shape index (κ1) is 11.6. The maximum atomic E-state index is 6.13. The van der Waals surface area contributed by atoms with Crippen molar-refractivity contribution in [2.24, 2.45) is 0 Å². The second kappa shape index (κ2) is 4.31. The largest absolute Gasteiger partial charge is 0.397 e. The fourth-order valence-corrected chi connectivity index (χ4v) is 2.20. The lowest BCUT2D eigenvalue weighted by atomic mass is 10.1. The fraction of sp³-hybridized carbons (Fsp3) is 0.133. The van der Waals surface area contributed by atoms with E-state index in [-0.39, 0.29) is 0 Å². The van der Waals surface area contributed by atoms with E-state index in [1.54, 1.807) is 6.20 Å². The van der Waals surface area contributed by atoms with E-state index < -0.39 is 0 Å². The Morgan fingerprint density at radius 2 is 1.89 bits per heavy atom. The Bertz CT molecular complexity index is 713. The Morgan fingerprint density at radius 3 is 2.63 bits per heavy atom. The number of nitrogens with one attached hydrogen (secondary N) is 1. The third-order valence-electron chi connectivity index (χ3n) is 3.37. The Kier molecular flexibility index (Phi) is 2.63. The number of hydrogen-bond acceptors (Lipinski definition) is 3. The van der Waals surface area contributed by atoms with Gasteiger partial charge in [-0.1, -0.05) is 17.7 Å². The lowest BCUT2D eigenvalue weighted by molar-refractivity contribution is 1.12. The van der Waals surface area contributed by atoms with Gasteiger partial charge in [-0.3, -0.25) is 5.10 Å². The van der Waals surface area contributed by atoms with E-state index in [9.17, 15) is 0 Å². The number of nitrogens with zero attached hydrogens (tertiary/aromatic N) is 2. The minimum absolute atomic E-state index is 0.747. The maximum absolute atomic E-state index is 6.13. The Hall–Kier alpha value is -2.49. The van der Waals surface area contributed by atoms with Crippen LogP contribution in [0.3, 0.4) is 0 Å². The van der Waals surface area contributed by atoms with Gasteiger partial charge >= 0.3 is 0 Å². The van der Waals surface area contributed by atoms with Gasteiger partial charge in [0.05, 0.1) is 23.1 Å². The molecule has 0 aliphatic carbocycles. The highest BCUT2D eigenvalue weighted by atomic mass is 15.1. The van der Waals surface area contributed by atoms with Crippen LogP contribution in [0.15, 0.2) is 42.6 Å². The molecule has 1 heterocycles. The van der Waals surface area contributed by atoms with Crippen LogP contribution in [0, 0.1) is 6.92 Å². The van der Waals surface area contributed by atoms with Crippen molar-refractivity contribution in [3.05, 3.63) is 48.2 Å². The Morgan fingerprint density at radius 1 is 1.16 bits per heavy atom. The lowest BCUT2D eigenvalue weighted by Crippen LogP contribution is -2.11. The molecule has 0 atom stereocenters. The van der Waals surface area contributed by atoms with Crippen molar-refractivity contribution in [3.63, 3.8) is 0 Å². The number of aromatic amines is 1. The Balaban J connectivity index is 2.07. The van der Waals surface area contributed by atoms with Gasteiger partial charge in [-0.15, -0.1) is 0 Å². The summed E-state index contributed by atoms with van der Waals surface area (Å²) in [4.78, 5) is 2.08. The van der Waals surface area contributed by atoms with E-state index in [0.29, 0.717) is 0 Å². The third kappa shape index (κ3) is 2.01. The van der Waals surface area contributed by atoms with Gasteiger partial charge < -0.3 is 10.6 Å². The summed E-state index contributed by atoms with van der Waals surface area (Å²) in [5.74, 6) is 0. The average Bonchev–Trinajstić information content (AvgIpc) is 2.85. The second-order valence-electron chi connectivity index (χ2n) is 4.76. The van der Waals surface area contributed by atoms with Crippen molar-refractivity contribution >= 4 is 28.0 Å². The molecule has 0 amide bonds. The van der Waals surface area contributed by atoms with Crippen LogP contribution in [0.25, 0.3) is 10.9 Å². The van der Waals surface area contributed by atoms with E-state index in [1.165, 1.54) is 5.56 Å². The molecule has 0 aliphatic rings. The minimum Gasteiger partial charge on any atom is -0.397 e. The first-order chi connectivity index (χ1) is 9.15. The van der Waals surface area contributed by atoms with Gasteiger partial charge in [-0.05, 0) is 31.2 Å². The normalized spacial score (nSPS) is 10.8. The van der Waals surface area contributed by atoms with Gasteiger partial charge in [0.15, 0.2) is 0 Å². The van der Waals surface area contributed by atoms with Crippen LogP contribution in [0.2, 0.25) is 0 Å². The first-order valence-electron chi connectivity index (χ1n) is 6.18. The van der Waals surface area contributed by atoms with Gasteiger partial charge in [-0.2, -0.15) is 5.10 Å². The predicted molar refractivity (Wildman–Crippen MR) is 79.7 cm³/mol. The molecule has 0 bridgehead atoms. The monoisotopic (exact) mass is 252 g/mol. The molecule has 19 heavy (non-hydrogen) atoms. The summed E-state index contributed by atoms with van der Waals surface area (Å²) < 4.78 is 0. The third-order valence-corrected chi connectivity index (χ3v) is 3.37. The van der Waals surface area contributed by atoms with Crippen molar-refractivity contribution < 1.29 is 0 Å². The molecule has 0 saturated carbocycles. The van der Waals surface area contributed by atoms with Crippen LogP contribution in [0.5, 0.6) is 0 Å². The zero-order valence-corrected chi connectivity index (χ0v) is 11.0.